The Morgan fingerprint density at radius 3 is 2.22 bits per heavy atom. The van der Waals surface area contributed by atoms with E-state index in [1.807, 2.05) is 0 Å². The first-order valence-electron chi connectivity index (χ1n) is 12.6. The van der Waals surface area contributed by atoms with Gasteiger partial charge in [0.2, 0.25) is 5.95 Å². The maximum absolute atomic E-state index is 12.4. The topological polar surface area (TPSA) is 138 Å². The average Bonchev–Trinajstić information content (AvgIpc) is 3.24. The fourth-order valence-corrected chi connectivity index (χ4v) is 10.2. The maximum Gasteiger partial charge on any atom is 0.280 e. The highest BCUT2D eigenvalue weighted by atomic mass is 28.4. The van der Waals surface area contributed by atoms with E-state index in [-0.39, 0.29) is 33.2 Å². The van der Waals surface area contributed by atoms with Gasteiger partial charge in [0.15, 0.2) is 34.7 Å². The molecule has 4 N–H and O–H groups in total. The molecule has 0 saturated carbocycles. The van der Waals surface area contributed by atoms with E-state index < -0.39 is 47.5 Å². The van der Waals surface area contributed by atoms with Gasteiger partial charge in [0.1, 0.15) is 18.3 Å². The summed E-state index contributed by atoms with van der Waals surface area (Å²) in [5.74, 6) is -0.00597. The lowest BCUT2D eigenvalue weighted by Gasteiger charge is -2.44. The van der Waals surface area contributed by atoms with E-state index in [0.29, 0.717) is 5.65 Å². The molecule has 2 aromatic rings. The van der Waals surface area contributed by atoms with E-state index in [4.69, 9.17) is 19.3 Å². The number of imidazole rings is 1. The zero-order chi connectivity index (χ0) is 27.4. The van der Waals surface area contributed by atoms with E-state index in [0.717, 1.165) is 0 Å². The van der Waals surface area contributed by atoms with Crippen molar-refractivity contribution in [1.82, 2.24) is 19.5 Å². The SMILES string of the molecule is CC(C)(C)[SiH](OC1C(O[Si](C)(C)C(C)(C)C)[C@H](n2cnc3c(=O)[nH]c(N)nc32)O[C@@H]1CO)C(C)(C)C. The first-order valence-corrected chi connectivity index (χ1v) is 17.1. The van der Waals surface area contributed by atoms with Crippen molar-refractivity contribution in [3.63, 3.8) is 0 Å². The molecule has 1 aliphatic heterocycles. The number of rotatable bonds is 6. The van der Waals surface area contributed by atoms with E-state index in [1.54, 1.807) is 4.57 Å². The van der Waals surface area contributed by atoms with Crippen molar-refractivity contribution in [3.8, 4) is 0 Å². The van der Waals surface area contributed by atoms with Gasteiger partial charge in [0.25, 0.3) is 5.56 Å². The third-order valence-corrected chi connectivity index (χ3v) is 15.5. The summed E-state index contributed by atoms with van der Waals surface area (Å²) in [4.78, 5) is 23.6. The fourth-order valence-electron chi connectivity index (χ4n) is 4.88. The Balaban J connectivity index is 2.16. The standard InChI is InChI=1S/C24H45N5O5Si2/c1-22(2,3)35(23(4,5)6)33-16-14(12-30)32-20(17(16)34-36(10,11)24(7,8)9)29-13-26-15-18(29)27-21(25)28-19(15)31/h13-14,16-17,20,30,35H,12H2,1-11H3,(H3,25,27,28,31)/t14-,16?,17?,20-/m1/s1. The number of nitrogens with two attached hydrogens (primary N) is 1. The molecule has 0 amide bonds. The van der Waals surface area contributed by atoms with Crippen molar-refractivity contribution in [2.24, 2.45) is 0 Å². The van der Waals surface area contributed by atoms with Gasteiger partial charge < -0.3 is 24.4 Å². The molecule has 0 bridgehead atoms. The zero-order valence-electron chi connectivity index (χ0n) is 23.7. The van der Waals surface area contributed by atoms with Crippen LogP contribution in [0.2, 0.25) is 28.2 Å². The van der Waals surface area contributed by atoms with Gasteiger partial charge in [-0.25, -0.2) is 4.98 Å². The first kappa shape index (κ1) is 29.0. The van der Waals surface area contributed by atoms with Crippen molar-refractivity contribution >= 4 is 34.5 Å². The van der Waals surface area contributed by atoms with Crippen LogP contribution in [0, 0.1) is 0 Å². The maximum atomic E-state index is 12.4. The third kappa shape index (κ3) is 5.63. The van der Waals surface area contributed by atoms with Crippen LogP contribution in [0.4, 0.5) is 5.95 Å². The van der Waals surface area contributed by atoms with Crippen molar-refractivity contribution in [2.45, 2.75) is 115 Å². The molecule has 36 heavy (non-hydrogen) atoms. The summed E-state index contributed by atoms with van der Waals surface area (Å²) in [5.41, 5.74) is 5.91. The van der Waals surface area contributed by atoms with Crippen molar-refractivity contribution < 1.29 is 18.7 Å². The summed E-state index contributed by atoms with van der Waals surface area (Å²) in [5, 5.41) is 10.3. The highest BCUT2D eigenvalue weighted by Crippen LogP contribution is 2.47. The number of fused-ring (bicyclic) bond motifs is 1. The van der Waals surface area contributed by atoms with Crippen molar-refractivity contribution in [3.05, 3.63) is 16.7 Å². The summed E-state index contributed by atoms with van der Waals surface area (Å²) in [7, 11) is -4.22. The molecule has 0 aromatic carbocycles. The first-order chi connectivity index (χ1) is 16.3. The molecular weight excluding hydrogens is 494 g/mol. The molecule has 12 heteroatoms. The summed E-state index contributed by atoms with van der Waals surface area (Å²) in [6, 6.07) is 0. The van der Waals surface area contributed by atoms with Gasteiger partial charge in [-0.15, -0.1) is 0 Å². The van der Waals surface area contributed by atoms with Gasteiger partial charge in [-0.05, 0) is 28.2 Å². The Morgan fingerprint density at radius 2 is 1.72 bits per heavy atom. The predicted octanol–water partition coefficient (Wildman–Crippen LogP) is 3.69. The van der Waals surface area contributed by atoms with Crippen LogP contribution in [0.1, 0.15) is 68.5 Å². The number of anilines is 1. The number of hydrogen-bond donors (Lipinski definition) is 3. The Labute approximate surface area is 216 Å². The molecule has 204 valence electrons. The minimum Gasteiger partial charge on any atom is -0.411 e. The average molecular weight is 540 g/mol. The van der Waals surface area contributed by atoms with E-state index in [1.165, 1.54) is 6.33 Å². The Morgan fingerprint density at radius 1 is 1.14 bits per heavy atom. The Kier molecular flexibility index (Phi) is 7.75. The van der Waals surface area contributed by atoms with Crippen LogP contribution in [-0.4, -0.2) is 66.9 Å². The number of aliphatic hydroxyl groups excluding tert-OH is 1. The number of aromatic amines is 1. The second-order valence-electron chi connectivity index (χ2n) is 13.6. The molecule has 4 atom stereocenters. The van der Waals surface area contributed by atoms with Crippen LogP contribution in [0.15, 0.2) is 11.1 Å². The summed E-state index contributed by atoms with van der Waals surface area (Å²) >= 11 is 0. The summed E-state index contributed by atoms with van der Waals surface area (Å²) in [6.07, 6.45) is -0.822. The second kappa shape index (κ2) is 9.62. The van der Waals surface area contributed by atoms with Crippen LogP contribution < -0.4 is 11.3 Å². The van der Waals surface area contributed by atoms with Gasteiger partial charge >= 0.3 is 0 Å². The number of aliphatic hydroxyl groups is 1. The number of hydrogen-bond acceptors (Lipinski definition) is 8. The molecule has 1 saturated heterocycles. The number of nitrogens with one attached hydrogen (secondary N) is 1. The van der Waals surface area contributed by atoms with E-state index >= 15 is 0 Å². The largest absolute Gasteiger partial charge is 0.411 e. The Hall–Kier alpha value is -1.58. The molecule has 3 heterocycles. The fraction of sp³-hybridized carbons (Fsp3) is 0.792. The van der Waals surface area contributed by atoms with Crippen LogP contribution in [-0.2, 0) is 13.6 Å². The number of aromatic nitrogens is 4. The molecule has 3 rings (SSSR count). The molecule has 0 radical (unpaired) electrons. The van der Waals surface area contributed by atoms with Crippen molar-refractivity contribution in [2.75, 3.05) is 12.3 Å². The number of H-pyrrole nitrogens is 1. The quantitative estimate of drug-likeness (QED) is 0.473. The van der Waals surface area contributed by atoms with E-state index in [9.17, 15) is 9.90 Å². The second-order valence-corrected chi connectivity index (χ2v) is 22.8. The molecule has 0 spiro atoms. The van der Waals surface area contributed by atoms with Gasteiger partial charge in [-0.3, -0.25) is 14.3 Å². The Bertz CT molecular complexity index is 1120. The van der Waals surface area contributed by atoms with E-state index in [2.05, 4.69) is 90.4 Å². The molecule has 2 unspecified atom stereocenters. The van der Waals surface area contributed by atoms with Crippen LogP contribution in [0.25, 0.3) is 11.2 Å². The van der Waals surface area contributed by atoms with Crippen LogP contribution in [0.5, 0.6) is 0 Å². The number of nitrogens with zero attached hydrogens (tertiary/aromatic N) is 3. The van der Waals surface area contributed by atoms with Gasteiger partial charge in [0, 0.05) is 0 Å². The lowest BCUT2D eigenvalue weighted by atomic mass is 10.1. The molecule has 1 aliphatic rings. The highest BCUT2D eigenvalue weighted by Gasteiger charge is 2.54. The molecule has 2 aromatic heterocycles. The third-order valence-electron chi connectivity index (χ3n) is 7.29. The highest BCUT2D eigenvalue weighted by molar-refractivity contribution is 6.74. The lowest BCUT2D eigenvalue weighted by molar-refractivity contribution is -0.0490. The smallest absolute Gasteiger partial charge is 0.280 e. The molecule has 0 aliphatic carbocycles. The van der Waals surface area contributed by atoms with Gasteiger partial charge in [0.05, 0.1) is 12.9 Å². The normalized spacial score (nSPS) is 24.2. The molecular formula is C24H45N5O5Si2. The summed E-state index contributed by atoms with van der Waals surface area (Å²) in [6.45, 7) is 23.9. The van der Waals surface area contributed by atoms with Gasteiger partial charge in [-0.1, -0.05) is 62.3 Å². The molecule has 1 fully saturated rings. The number of ether oxygens (including phenoxy) is 1. The lowest BCUT2D eigenvalue weighted by Crippen LogP contribution is -2.52. The summed E-state index contributed by atoms with van der Waals surface area (Å²) < 4.78 is 22.1. The van der Waals surface area contributed by atoms with Crippen LogP contribution >= 0.6 is 0 Å². The monoisotopic (exact) mass is 539 g/mol. The minimum absolute atomic E-state index is 0.00597. The minimum atomic E-state index is -2.31. The van der Waals surface area contributed by atoms with Crippen LogP contribution in [0.3, 0.4) is 0 Å². The zero-order valence-corrected chi connectivity index (χ0v) is 25.8. The number of nitrogen functional groups attached to an aromatic ring is 1. The molecule has 10 nitrogen and oxygen atoms in total. The van der Waals surface area contributed by atoms with Crippen molar-refractivity contribution in [1.29, 1.82) is 0 Å². The predicted molar refractivity (Wildman–Crippen MR) is 147 cm³/mol. The van der Waals surface area contributed by atoms with Gasteiger partial charge in [-0.2, -0.15) is 4.98 Å².